The highest BCUT2D eigenvalue weighted by molar-refractivity contribution is 5.84. The van der Waals surface area contributed by atoms with E-state index >= 15 is 0 Å². The van der Waals surface area contributed by atoms with Crippen LogP contribution in [0.2, 0.25) is 0 Å². The number of hydrogen-bond acceptors (Lipinski definition) is 6. The summed E-state index contributed by atoms with van der Waals surface area (Å²) in [5, 5.41) is 36.3. The number of aliphatic hydroxyl groups excluding tert-OH is 2. The molecule has 0 radical (unpaired) electrons. The maximum atomic E-state index is 13.0. The first kappa shape index (κ1) is 30.5. The number of benzene rings is 1. The monoisotopic (exact) mass is 569 g/mol. The van der Waals surface area contributed by atoms with E-state index in [-0.39, 0.29) is 23.2 Å². The summed E-state index contributed by atoms with van der Waals surface area (Å²) >= 11 is 0. The number of carbonyl (C=O) groups is 2. The molecule has 1 amide bonds. The number of hydrogen-bond donors (Lipinski definition) is 4. The minimum Gasteiger partial charge on any atom is -0.467 e. The molecule has 4 N–H and O–H groups in total. The molecule has 0 aliphatic heterocycles. The number of methoxy groups -OCH3 is 1. The zero-order valence-corrected chi connectivity index (χ0v) is 25.4. The lowest BCUT2D eigenvalue weighted by Crippen LogP contribution is -2.68. The molecule has 1 aromatic rings. The maximum absolute atomic E-state index is 13.0. The van der Waals surface area contributed by atoms with Crippen LogP contribution in [0, 0.1) is 40.4 Å². The van der Waals surface area contributed by atoms with Gasteiger partial charge >= 0.3 is 5.97 Å². The second-order valence-electron chi connectivity index (χ2n) is 14.4. The van der Waals surface area contributed by atoms with E-state index in [0.717, 1.165) is 44.1 Å². The van der Waals surface area contributed by atoms with Crippen LogP contribution in [0.25, 0.3) is 0 Å². The van der Waals surface area contributed by atoms with Crippen molar-refractivity contribution < 1.29 is 29.6 Å². The fourth-order valence-corrected chi connectivity index (χ4v) is 10.2. The summed E-state index contributed by atoms with van der Waals surface area (Å²) in [6.07, 6.45) is 6.96. The summed E-state index contributed by atoms with van der Waals surface area (Å²) in [5.41, 5.74) is -0.450. The first-order valence-corrected chi connectivity index (χ1v) is 15.9. The average Bonchev–Trinajstić information content (AvgIpc) is 3.31. The molecule has 0 heterocycles. The van der Waals surface area contributed by atoms with Gasteiger partial charge in [0, 0.05) is 24.7 Å². The smallest absolute Gasteiger partial charge is 0.328 e. The van der Waals surface area contributed by atoms with Gasteiger partial charge < -0.3 is 25.4 Å². The molecule has 7 heteroatoms. The number of carbonyl (C=O) groups excluding carboxylic acids is 2. The molecule has 4 fully saturated rings. The van der Waals surface area contributed by atoms with Crippen LogP contribution in [-0.4, -0.2) is 58.2 Å². The van der Waals surface area contributed by atoms with Gasteiger partial charge in [0.05, 0.1) is 24.9 Å². The molecule has 0 saturated heterocycles. The second kappa shape index (κ2) is 11.6. The largest absolute Gasteiger partial charge is 0.467 e. The van der Waals surface area contributed by atoms with Crippen LogP contribution in [0.1, 0.15) is 90.5 Å². The van der Waals surface area contributed by atoms with Gasteiger partial charge in [0.2, 0.25) is 5.91 Å². The lowest BCUT2D eigenvalue weighted by atomic mass is 9.42. The summed E-state index contributed by atoms with van der Waals surface area (Å²) in [6, 6.07) is 8.95. The Hall–Kier alpha value is -1.96. The number of aliphatic hydroxyl groups is 3. The highest BCUT2D eigenvalue weighted by Gasteiger charge is 2.67. The minimum absolute atomic E-state index is 0.117. The lowest BCUT2D eigenvalue weighted by Gasteiger charge is -2.65. The Morgan fingerprint density at radius 3 is 2.49 bits per heavy atom. The Morgan fingerprint density at radius 2 is 1.78 bits per heavy atom. The highest BCUT2D eigenvalue weighted by atomic mass is 16.5. The van der Waals surface area contributed by atoms with Gasteiger partial charge in [-0.05, 0) is 91.9 Å². The standard InChI is InChI=1S/C34H51NO6/c1-21(10-13-30(38)35-28(31(39)41-4)18-22-8-6-5-7-9-22)25-11-12-26-24-19-29(37)34(40)20-23(36)14-17-33(34,3)27(24)15-16-32(25,26)2/h5-9,21,23-29,36-37,40H,10-20H2,1-4H3,(H,35,38)/t21?,23-,24?,25?,26?,27?,28?,29+,32?,33?,34-/m1/s1. The molecule has 4 aliphatic rings. The van der Waals surface area contributed by atoms with Gasteiger partial charge in [0.15, 0.2) is 0 Å². The molecular weight excluding hydrogens is 518 g/mol. The quantitative estimate of drug-likeness (QED) is 0.345. The summed E-state index contributed by atoms with van der Waals surface area (Å²) < 4.78 is 4.97. The molecule has 7 nitrogen and oxygen atoms in total. The van der Waals surface area contributed by atoms with E-state index in [1.165, 1.54) is 7.11 Å². The average molecular weight is 570 g/mol. The number of ether oxygens (including phenoxy) is 1. The van der Waals surface area contributed by atoms with Gasteiger partial charge in [-0.3, -0.25) is 4.79 Å². The van der Waals surface area contributed by atoms with Gasteiger partial charge in [-0.1, -0.05) is 51.1 Å². The molecule has 0 aromatic heterocycles. The Labute approximate surface area is 245 Å². The fourth-order valence-electron chi connectivity index (χ4n) is 10.2. The topological polar surface area (TPSA) is 116 Å². The molecule has 8 unspecified atom stereocenters. The highest BCUT2D eigenvalue weighted by Crippen LogP contribution is 2.69. The van der Waals surface area contributed by atoms with Crippen molar-refractivity contribution in [2.45, 2.75) is 115 Å². The van der Waals surface area contributed by atoms with Crippen LogP contribution in [0.4, 0.5) is 0 Å². The van der Waals surface area contributed by atoms with Gasteiger partial charge in [-0.2, -0.15) is 0 Å². The number of amides is 1. The Kier molecular flexibility index (Phi) is 8.64. The summed E-state index contributed by atoms with van der Waals surface area (Å²) in [7, 11) is 1.35. The van der Waals surface area contributed by atoms with Crippen molar-refractivity contribution >= 4 is 11.9 Å². The Balaban J connectivity index is 1.22. The first-order valence-electron chi connectivity index (χ1n) is 15.9. The van der Waals surface area contributed by atoms with Gasteiger partial charge in [-0.25, -0.2) is 4.79 Å². The third-order valence-electron chi connectivity index (χ3n) is 12.5. The predicted molar refractivity (Wildman–Crippen MR) is 157 cm³/mol. The summed E-state index contributed by atoms with van der Waals surface area (Å²) in [5.74, 6) is 1.56. The molecular formula is C34H51NO6. The molecule has 0 spiro atoms. The molecule has 0 bridgehead atoms. The second-order valence-corrected chi connectivity index (χ2v) is 14.4. The number of rotatable bonds is 8. The Morgan fingerprint density at radius 1 is 1.05 bits per heavy atom. The fraction of sp³-hybridized carbons (Fsp3) is 0.765. The first-order chi connectivity index (χ1) is 19.4. The van der Waals surface area contributed by atoms with E-state index < -0.39 is 29.8 Å². The lowest BCUT2D eigenvalue weighted by molar-refractivity contribution is -0.264. The molecule has 5 rings (SSSR count). The number of nitrogens with one attached hydrogen (secondary N) is 1. The van der Waals surface area contributed by atoms with E-state index in [0.29, 0.717) is 55.3 Å². The van der Waals surface area contributed by atoms with Gasteiger partial charge in [-0.15, -0.1) is 0 Å². The van der Waals surface area contributed by atoms with E-state index in [1.807, 2.05) is 30.3 Å². The Bertz CT molecular complexity index is 1100. The zero-order valence-electron chi connectivity index (χ0n) is 25.4. The van der Waals surface area contributed by atoms with Crippen LogP contribution in [0.15, 0.2) is 30.3 Å². The van der Waals surface area contributed by atoms with Crippen molar-refractivity contribution in [2.24, 2.45) is 40.4 Å². The van der Waals surface area contributed by atoms with Crippen molar-refractivity contribution in [3.63, 3.8) is 0 Å². The molecule has 1 aromatic carbocycles. The number of fused-ring (bicyclic) bond motifs is 5. The van der Waals surface area contributed by atoms with E-state index in [2.05, 4.69) is 26.1 Å². The molecule has 4 saturated carbocycles. The minimum atomic E-state index is -1.21. The van der Waals surface area contributed by atoms with Crippen molar-refractivity contribution in [3.05, 3.63) is 35.9 Å². The normalized spacial score (nSPS) is 41.3. The third kappa shape index (κ3) is 5.36. The van der Waals surface area contributed by atoms with Gasteiger partial charge in [0.1, 0.15) is 6.04 Å². The number of esters is 1. The predicted octanol–water partition coefficient (Wildman–Crippen LogP) is 4.41. The van der Waals surface area contributed by atoms with E-state index in [1.54, 1.807) is 0 Å². The summed E-state index contributed by atoms with van der Waals surface area (Å²) in [6.45, 7) is 6.89. The molecule has 41 heavy (non-hydrogen) atoms. The summed E-state index contributed by atoms with van der Waals surface area (Å²) in [4.78, 5) is 25.4. The van der Waals surface area contributed by atoms with Crippen molar-refractivity contribution in [3.8, 4) is 0 Å². The van der Waals surface area contributed by atoms with E-state index in [9.17, 15) is 24.9 Å². The molecule has 228 valence electrons. The zero-order chi connectivity index (χ0) is 29.6. The molecule has 4 aliphatic carbocycles. The molecule has 11 atom stereocenters. The third-order valence-corrected chi connectivity index (χ3v) is 12.5. The van der Waals surface area contributed by atoms with E-state index in [4.69, 9.17) is 4.74 Å². The van der Waals surface area contributed by atoms with Crippen molar-refractivity contribution in [1.29, 1.82) is 0 Å². The van der Waals surface area contributed by atoms with Crippen molar-refractivity contribution in [2.75, 3.05) is 7.11 Å². The van der Waals surface area contributed by atoms with Crippen LogP contribution in [0.3, 0.4) is 0 Å². The van der Waals surface area contributed by atoms with Crippen LogP contribution < -0.4 is 5.32 Å². The van der Waals surface area contributed by atoms with Crippen LogP contribution in [0.5, 0.6) is 0 Å². The van der Waals surface area contributed by atoms with Crippen LogP contribution >= 0.6 is 0 Å². The van der Waals surface area contributed by atoms with Crippen LogP contribution in [-0.2, 0) is 20.7 Å². The van der Waals surface area contributed by atoms with Crippen molar-refractivity contribution in [1.82, 2.24) is 5.32 Å². The van der Waals surface area contributed by atoms with Gasteiger partial charge in [0.25, 0.3) is 0 Å². The maximum Gasteiger partial charge on any atom is 0.328 e. The SMILES string of the molecule is COC(=O)C(Cc1ccccc1)NC(=O)CCC(C)C1CCC2C3C[C@H](O)[C@]4(O)C[C@H](O)CCC4(C)C3CCC12C.